The van der Waals surface area contributed by atoms with Gasteiger partial charge in [0.05, 0.1) is 16.4 Å². The number of hydrogen-bond donors (Lipinski definition) is 1. The highest BCUT2D eigenvalue weighted by Gasteiger charge is 2.17. The molecule has 116 valence electrons. The first-order valence-corrected chi connectivity index (χ1v) is 7.35. The molecule has 7 heteroatoms. The molecule has 0 spiro atoms. The summed E-state index contributed by atoms with van der Waals surface area (Å²) in [6.45, 7) is 4.74. The Bertz CT molecular complexity index is 728. The molecule has 2 rings (SSSR count). The second kappa shape index (κ2) is 6.65. The van der Waals surface area contributed by atoms with Crippen LogP contribution < -0.4 is 5.32 Å². The van der Waals surface area contributed by atoms with Crippen molar-refractivity contribution in [3.8, 4) is 0 Å². The molecule has 1 amide bonds. The number of aromatic nitrogens is 1. The summed E-state index contributed by atoms with van der Waals surface area (Å²) >= 11 is 1.20. The third-order valence-corrected chi connectivity index (χ3v) is 3.87. The van der Waals surface area contributed by atoms with E-state index in [0.717, 1.165) is 10.6 Å². The van der Waals surface area contributed by atoms with Crippen LogP contribution >= 0.6 is 11.3 Å². The van der Waals surface area contributed by atoms with Crippen molar-refractivity contribution in [2.24, 2.45) is 0 Å². The number of carbonyl (C=O) groups excluding carboxylic acids is 2. The number of aryl methyl sites for hydroxylation is 3. The molecular formula is C15H15FN2O3S. The summed E-state index contributed by atoms with van der Waals surface area (Å²) in [5.74, 6) is -1.74. The van der Waals surface area contributed by atoms with Crippen molar-refractivity contribution in [2.45, 2.75) is 20.8 Å². The molecule has 2 aromatic rings. The number of anilines is 1. The molecule has 0 aliphatic rings. The fourth-order valence-electron chi connectivity index (χ4n) is 1.83. The van der Waals surface area contributed by atoms with E-state index in [9.17, 15) is 14.0 Å². The third kappa shape index (κ3) is 3.88. The van der Waals surface area contributed by atoms with E-state index in [0.29, 0.717) is 10.6 Å². The summed E-state index contributed by atoms with van der Waals surface area (Å²) in [4.78, 5) is 28.0. The first-order chi connectivity index (χ1) is 10.4. The summed E-state index contributed by atoms with van der Waals surface area (Å²) < 4.78 is 18.5. The first kappa shape index (κ1) is 16.1. The third-order valence-electron chi connectivity index (χ3n) is 2.82. The largest absolute Gasteiger partial charge is 0.451 e. The van der Waals surface area contributed by atoms with Gasteiger partial charge in [-0.05, 0) is 38.5 Å². The van der Waals surface area contributed by atoms with Crippen LogP contribution in [0.4, 0.5) is 10.1 Å². The number of carbonyl (C=O) groups is 2. The Balaban J connectivity index is 1.92. The number of benzene rings is 1. The van der Waals surface area contributed by atoms with Crippen LogP contribution in [0, 0.1) is 26.6 Å². The number of ether oxygens (including phenoxy) is 1. The number of hydrogen-bond acceptors (Lipinski definition) is 5. The van der Waals surface area contributed by atoms with Gasteiger partial charge in [0.15, 0.2) is 6.61 Å². The van der Waals surface area contributed by atoms with E-state index >= 15 is 0 Å². The molecule has 0 unspecified atom stereocenters. The number of halogens is 1. The molecule has 1 N–H and O–H groups in total. The maximum atomic E-state index is 13.6. The maximum Gasteiger partial charge on any atom is 0.350 e. The van der Waals surface area contributed by atoms with Gasteiger partial charge in [0, 0.05) is 0 Å². The minimum Gasteiger partial charge on any atom is -0.451 e. The highest BCUT2D eigenvalue weighted by atomic mass is 32.1. The van der Waals surface area contributed by atoms with Gasteiger partial charge in [-0.25, -0.2) is 14.2 Å². The Kier molecular flexibility index (Phi) is 4.87. The van der Waals surface area contributed by atoms with Crippen LogP contribution in [0.3, 0.4) is 0 Å². The standard InChI is InChI=1S/C15H15FN2O3S/c1-8-4-5-12(11(16)6-8)18-13(19)7-21-15(20)14-9(2)17-10(3)22-14/h4-6H,7H2,1-3H3,(H,18,19). The lowest BCUT2D eigenvalue weighted by Gasteiger charge is -2.07. The Hall–Kier alpha value is -2.28. The van der Waals surface area contributed by atoms with Crippen molar-refractivity contribution in [3.05, 3.63) is 45.2 Å². The Labute approximate surface area is 131 Å². The summed E-state index contributed by atoms with van der Waals surface area (Å²) in [6.07, 6.45) is 0. The lowest BCUT2D eigenvalue weighted by Crippen LogP contribution is -2.21. The maximum absolute atomic E-state index is 13.6. The molecule has 0 radical (unpaired) electrons. The quantitative estimate of drug-likeness (QED) is 0.879. The van der Waals surface area contributed by atoms with E-state index < -0.39 is 24.3 Å². The van der Waals surface area contributed by atoms with Crippen LogP contribution in [0.25, 0.3) is 0 Å². The topological polar surface area (TPSA) is 68.3 Å². The van der Waals surface area contributed by atoms with Gasteiger partial charge in [0.25, 0.3) is 5.91 Å². The van der Waals surface area contributed by atoms with E-state index in [1.54, 1.807) is 26.8 Å². The molecule has 5 nitrogen and oxygen atoms in total. The average molecular weight is 322 g/mol. The van der Waals surface area contributed by atoms with Gasteiger partial charge in [-0.3, -0.25) is 4.79 Å². The second-order valence-electron chi connectivity index (χ2n) is 4.76. The highest BCUT2D eigenvalue weighted by molar-refractivity contribution is 7.13. The predicted octanol–water partition coefficient (Wildman–Crippen LogP) is 3.00. The molecular weight excluding hydrogens is 307 g/mol. The number of esters is 1. The van der Waals surface area contributed by atoms with Crippen LogP contribution in [0.15, 0.2) is 18.2 Å². The van der Waals surface area contributed by atoms with Crippen LogP contribution in [-0.4, -0.2) is 23.5 Å². The van der Waals surface area contributed by atoms with Gasteiger partial charge in [-0.1, -0.05) is 6.07 Å². The van der Waals surface area contributed by atoms with Gasteiger partial charge in [0.1, 0.15) is 10.7 Å². The predicted molar refractivity (Wildman–Crippen MR) is 81.6 cm³/mol. The van der Waals surface area contributed by atoms with Gasteiger partial charge < -0.3 is 10.1 Å². The molecule has 0 bridgehead atoms. The number of rotatable bonds is 4. The summed E-state index contributed by atoms with van der Waals surface area (Å²) in [6, 6.07) is 4.44. The van der Waals surface area contributed by atoms with Crippen LogP contribution in [0.2, 0.25) is 0 Å². The minimum absolute atomic E-state index is 0.0523. The van der Waals surface area contributed by atoms with Crippen molar-refractivity contribution >= 4 is 28.9 Å². The fraction of sp³-hybridized carbons (Fsp3) is 0.267. The normalized spacial score (nSPS) is 10.4. The molecule has 0 aliphatic carbocycles. The van der Waals surface area contributed by atoms with E-state index in [4.69, 9.17) is 4.74 Å². The molecule has 0 saturated carbocycles. The van der Waals surface area contributed by atoms with Gasteiger partial charge in [0.2, 0.25) is 0 Å². The van der Waals surface area contributed by atoms with E-state index in [1.807, 2.05) is 0 Å². The molecule has 0 atom stereocenters. The molecule has 1 aromatic carbocycles. The van der Waals surface area contributed by atoms with Crippen LogP contribution in [0.5, 0.6) is 0 Å². The molecule has 0 saturated heterocycles. The molecule has 1 aromatic heterocycles. The smallest absolute Gasteiger partial charge is 0.350 e. The van der Waals surface area contributed by atoms with Crippen LogP contribution in [0.1, 0.15) is 25.9 Å². The molecule has 1 heterocycles. The van der Waals surface area contributed by atoms with Gasteiger partial charge in [-0.2, -0.15) is 0 Å². The van der Waals surface area contributed by atoms with Gasteiger partial charge >= 0.3 is 5.97 Å². The van der Waals surface area contributed by atoms with Gasteiger partial charge in [-0.15, -0.1) is 11.3 Å². The number of amides is 1. The van der Waals surface area contributed by atoms with Crippen molar-refractivity contribution in [1.29, 1.82) is 0 Å². The molecule has 0 aliphatic heterocycles. The summed E-state index contributed by atoms with van der Waals surface area (Å²) in [7, 11) is 0. The molecule has 22 heavy (non-hydrogen) atoms. The minimum atomic E-state index is -0.609. The Morgan fingerprint density at radius 1 is 1.32 bits per heavy atom. The SMILES string of the molecule is Cc1ccc(NC(=O)COC(=O)c2sc(C)nc2C)c(F)c1. The summed E-state index contributed by atoms with van der Waals surface area (Å²) in [5, 5.41) is 3.11. The van der Waals surface area contributed by atoms with E-state index in [2.05, 4.69) is 10.3 Å². The lowest BCUT2D eigenvalue weighted by atomic mass is 10.2. The first-order valence-electron chi connectivity index (χ1n) is 6.54. The monoisotopic (exact) mass is 322 g/mol. The number of nitrogens with zero attached hydrogens (tertiary/aromatic N) is 1. The number of nitrogens with one attached hydrogen (secondary N) is 1. The van der Waals surface area contributed by atoms with E-state index in [-0.39, 0.29) is 5.69 Å². The van der Waals surface area contributed by atoms with Crippen molar-refractivity contribution in [1.82, 2.24) is 4.98 Å². The second-order valence-corrected chi connectivity index (χ2v) is 5.96. The van der Waals surface area contributed by atoms with E-state index in [1.165, 1.54) is 23.5 Å². The zero-order valence-electron chi connectivity index (χ0n) is 12.4. The zero-order valence-corrected chi connectivity index (χ0v) is 13.2. The van der Waals surface area contributed by atoms with Crippen molar-refractivity contribution in [3.63, 3.8) is 0 Å². The van der Waals surface area contributed by atoms with Crippen molar-refractivity contribution in [2.75, 3.05) is 11.9 Å². The summed E-state index contributed by atoms with van der Waals surface area (Å²) in [5.41, 5.74) is 1.37. The highest BCUT2D eigenvalue weighted by Crippen LogP contribution is 2.18. The Morgan fingerprint density at radius 3 is 2.64 bits per heavy atom. The lowest BCUT2D eigenvalue weighted by molar-refractivity contribution is -0.119. The van der Waals surface area contributed by atoms with Crippen LogP contribution in [-0.2, 0) is 9.53 Å². The molecule has 0 fully saturated rings. The zero-order chi connectivity index (χ0) is 16.3. The number of thiazole rings is 1. The fourth-order valence-corrected chi connectivity index (χ4v) is 2.64. The van der Waals surface area contributed by atoms with Crippen molar-refractivity contribution < 1.29 is 18.7 Å². The Morgan fingerprint density at radius 2 is 2.05 bits per heavy atom. The average Bonchev–Trinajstić information content (AvgIpc) is 2.78.